The zero-order valence-electron chi connectivity index (χ0n) is 12.6. The van der Waals surface area contributed by atoms with E-state index in [-0.39, 0.29) is 5.91 Å². The van der Waals surface area contributed by atoms with E-state index in [1.807, 2.05) is 51.2 Å². The van der Waals surface area contributed by atoms with E-state index in [0.717, 1.165) is 16.8 Å². The number of carbonyl (C=O) groups excluding carboxylic acids is 1. The van der Waals surface area contributed by atoms with E-state index in [1.54, 1.807) is 10.9 Å². The van der Waals surface area contributed by atoms with Crippen molar-refractivity contribution in [3.8, 4) is 0 Å². The van der Waals surface area contributed by atoms with Crippen LogP contribution >= 0.6 is 12.2 Å². The SMILES string of the molecule is Cc1ccccc1/C=C1/NC(=S)N(c2cn(C)nc2C)C1=O. The Kier molecular flexibility index (Phi) is 3.54. The molecule has 2 aromatic rings. The van der Waals surface area contributed by atoms with Crippen LogP contribution in [0.3, 0.4) is 0 Å². The van der Waals surface area contributed by atoms with Crippen molar-refractivity contribution >= 4 is 35.0 Å². The van der Waals surface area contributed by atoms with Crippen LogP contribution in [0, 0.1) is 13.8 Å². The van der Waals surface area contributed by atoms with Crippen LogP contribution < -0.4 is 10.2 Å². The van der Waals surface area contributed by atoms with Gasteiger partial charge >= 0.3 is 0 Å². The first-order valence-corrected chi connectivity index (χ1v) is 7.31. The van der Waals surface area contributed by atoms with E-state index in [9.17, 15) is 4.79 Å². The number of aromatic nitrogens is 2. The largest absolute Gasteiger partial charge is 0.327 e. The van der Waals surface area contributed by atoms with Gasteiger partial charge in [0.05, 0.1) is 11.4 Å². The number of carbonyl (C=O) groups is 1. The van der Waals surface area contributed by atoms with Crippen LogP contribution in [0.25, 0.3) is 6.08 Å². The maximum Gasteiger partial charge on any atom is 0.281 e. The minimum atomic E-state index is -0.163. The summed E-state index contributed by atoms with van der Waals surface area (Å²) in [5, 5.41) is 7.64. The van der Waals surface area contributed by atoms with Crippen LogP contribution in [-0.2, 0) is 11.8 Å². The van der Waals surface area contributed by atoms with Gasteiger partial charge in [0.25, 0.3) is 5.91 Å². The maximum atomic E-state index is 12.7. The first-order chi connectivity index (χ1) is 10.5. The van der Waals surface area contributed by atoms with Crippen LogP contribution in [0.4, 0.5) is 5.69 Å². The minimum Gasteiger partial charge on any atom is -0.327 e. The third kappa shape index (κ3) is 2.42. The predicted octanol–water partition coefficient (Wildman–Crippen LogP) is 2.30. The second-order valence-corrected chi connectivity index (χ2v) is 5.65. The molecule has 1 aliphatic heterocycles. The normalized spacial score (nSPS) is 16.5. The standard InChI is InChI=1S/C16H16N4OS/c1-10-6-4-5-7-12(10)8-13-15(21)20(16(22)17-13)14-9-19(3)18-11(14)2/h4-9H,1-3H3,(H,17,22)/b13-8+. The molecule has 0 radical (unpaired) electrons. The Labute approximate surface area is 134 Å². The number of thiocarbonyl (C=S) groups is 1. The molecule has 0 aliphatic carbocycles. The summed E-state index contributed by atoms with van der Waals surface area (Å²) in [4.78, 5) is 14.2. The zero-order chi connectivity index (χ0) is 15.9. The van der Waals surface area contributed by atoms with Crippen LogP contribution in [-0.4, -0.2) is 20.8 Å². The van der Waals surface area contributed by atoms with Crippen molar-refractivity contribution in [1.82, 2.24) is 15.1 Å². The number of amides is 1. The molecule has 5 nitrogen and oxygen atoms in total. The lowest BCUT2D eigenvalue weighted by molar-refractivity contribution is -0.113. The lowest BCUT2D eigenvalue weighted by atomic mass is 10.1. The first-order valence-electron chi connectivity index (χ1n) is 6.90. The van der Waals surface area contributed by atoms with Gasteiger partial charge in [-0.15, -0.1) is 0 Å². The van der Waals surface area contributed by atoms with Crippen molar-refractivity contribution in [1.29, 1.82) is 0 Å². The lowest BCUT2D eigenvalue weighted by Crippen LogP contribution is -2.30. The Morgan fingerprint density at radius 2 is 2.00 bits per heavy atom. The van der Waals surface area contributed by atoms with Gasteiger partial charge in [0, 0.05) is 13.2 Å². The fourth-order valence-electron chi connectivity index (χ4n) is 2.46. The highest BCUT2D eigenvalue weighted by Gasteiger charge is 2.33. The average Bonchev–Trinajstić information content (AvgIpc) is 2.92. The number of anilines is 1. The topological polar surface area (TPSA) is 50.2 Å². The molecule has 1 fully saturated rings. The second kappa shape index (κ2) is 5.38. The highest BCUT2D eigenvalue weighted by Crippen LogP contribution is 2.25. The molecule has 1 amide bonds. The highest BCUT2D eigenvalue weighted by molar-refractivity contribution is 7.80. The average molecular weight is 312 g/mol. The summed E-state index contributed by atoms with van der Waals surface area (Å²) in [7, 11) is 1.82. The number of rotatable bonds is 2. The summed E-state index contributed by atoms with van der Waals surface area (Å²) in [6.07, 6.45) is 3.62. The van der Waals surface area contributed by atoms with Gasteiger partial charge in [-0.25, -0.2) is 4.90 Å². The van der Waals surface area contributed by atoms with E-state index in [2.05, 4.69) is 10.4 Å². The van der Waals surface area contributed by atoms with Gasteiger partial charge in [0.15, 0.2) is 5.11 Å². The van der Waals surface area contributed by atoms with Crippen molar-refractivity contribution in [2.75, 3.05) is 4.90 Å². The molecule has 1 aromatic carbocycles. The molecule has 112 valence electrons. The van der Waals surface area contributed by atoms with Gasteiger partial charge in [-0.2, -0.15) is 5.10 Å². The minimum absolute atomic E-state index is 0.163. The molecule has 0 saturated carbocycles. The second-order valence-electron chi connectivity index (χ2n) is 5.26. The van der Waals surface area contributed by atoms with Crippen LogP contribution in [0.1, 0.15) is 16.8 Å². The molecule has 0 spiro atoms. The third-order valence-corrected chi connectivity index (χ3v) is 3.88. The predicted molar refractivity (Wildman–Crippen MR) is 90.3 cm³/mol. The van der Waals surface area contributed by atoms with Gasteiger partial charge in [0.2, 0.25) is 0 Å². The van der Waals surface area contributed by atoms with Gasteiger partial charge in [-0.3, -0.25) is 9.48 Å². The van der Waals surface area contributed by atoms with Gasteiger partial charge < -0.3 is 5.32 Å². The van der Waals surface area contributed by atoms with Crippen molar-refractivity contribution in [3.05, 3.63) is 53.0 Å². The van der Waals surface area contributed by atoms with E-state index in [1.165, 1.54) is 4.90 Å². The van der Waals surface area contributed by atoms with E-state index < -0.39 is 0 Å². The molecule has 0 unspecified atom stereocenters. The van der Waals surface area contributed by atoms with Crippen LogP contribution in [0.2, 0.25) is 0 Å². The molecule has 1 N–H and O–H groups in total. The number of benzene rings is 1. The van der Waals surface area contributed by atoms with Gasteiger partial charge in [-0.1, -0.05) is 24.3 Å². The van der Waals surface area contributed by atoms with Gasteiger partial charge in [-0.05, 0) is 43.3 Å². The summed E-state index contributed by atoms with van der Waals surface area (Å²) in [6.45, 7) is 3.86. The molecule has 1 aliphatic rings. The Morgan fingerprint density at radius 1 is 1.27 bits per heavy atom. The summed E-state index contributed by atoms with van der Waals surface area (Å²) < 4.78 is 1.67. The highest BCUT2D eigenvalue weighted by atomic mass is 32.1. The number of hydrogen-bond acceptors (Lipinski definition) is 3. The number of nitrogens with zero attached hydrogens (tertiary/aromatic N) is 3. The van der Waals surface area contributed by atoms with Crippen molar-refractivity contribution in [3.63, 3.8) is 0 Å². The summed E-state index contributed by atoms with van der Waals surface area (Å²) in [6, 6.07) is 7.89. The molecule has 1 saturated heterocycles. The Hall–Kier alpha value is -2.47. The molecular formula is C16H16N4OS. The molecular weight excluding hydrogens is 296 g/mol. The smallest absolute Gasteiger partial charge is 0.281 e. The summed E-state index contributed by atoms with van der Waals surface area (Å²) in [5.41, 5.74) is 4.04. The Balaban J connectivity index is 1.99. The van der Waals surface area contributed by atoms with E-state index in [4.69, 9.17) is 12.2 Å². The van der Waals surface area contributed by atoms with E-state index in [0.29, 0.717) is 16.5 Å². The Morgan fingerprint density at radius 3 is 2.64 bits per heavy atom. The summed E-state index contributed by atoms with van der Waals surface area (Å²) in [5.74, 6) is -0.163. The Bertz CT molecular complexity index is 806. The van der Waals surface area contributed by atoms with E-state index >= 15 is 0 Å². The van der Waals surface area contributed by atoms with Crippen molar-refractivity contribution in [2.45, 2.75) is 13.8 Å². The van der Waals surface area contributed by atoms with Crippen LogP contribution in [0.15, 0.2) is 36.2 Å². The molecule has 22 heavy (non-hydrogen) atoms. The zero-order valence-corrected chi connectivity index (χ0v) is 13.4. The molecule has 2 heterocycles. The molecule has 1 aromatic heterocycles. The maximum absolute atomic E-state index is 12.7. The third-order valence-electron chi connectivity index (χ3n) is 3.59. The molecule has 6 heteroatoms. The number of aryl methyl sites for hydroxylation is 3. The first kappa shape index (κ1) is 14.5. The van der Waals surface area contributed by atoms with Crippen LogP contribution in [0.5, 0.6) is 0 Å². The van der Waals surface area contributed by atoms with Gasteiger partial charge in [0.1, 0.15) is 5.70 Å². The molecule has 3 rings (SSSR count). The molecule has 0 atom stereocenters. The fraction of sp³-hybridized carbons (Fsp3) is 0.188. The molecule has 0 bridgehead atoms. The lowest BCUT2D eigenvalue weighted by Gasteiger charge is -2.11. The van der Waals surface area contributed by atoms with Crippen molar-refractivity contribution in [2.24, 2.45) is 7.05 Å². The monoisotopic (exact) mass is 312 g/mol. The summed E-state index contributed by atoms with van der Waals surface area (Å²) >= 11 is 5.31. The quantitative estimate of drug-likeness (QED) is 0.683. The van der Waals surface area contributed by atoms with Crippen molar-refractivity contribution < 1.29 is 4.79 Å². The number of hydrogen-bond donors (Lipinski definition) is 1. The fourth-order valence-corrected chi connectivity index (χ4v) is 2.76. The number of nitrogens with one attached hydrogen (secondary N) is 1.